The monoisotopic (exact) mass is 261 g/mol. The van der Waals surface area contributed by atoms with Gasteiger partial charge in [0.25, 0.3) is 0 Å². The van der Waals surface area contributed by atoms with Crippen molar-refractivity contribution in [3.05, 3.63) is 24.2 Å². The number of halogens is 1. The maximum atomic E-state index is 6.28. The molecule has 1 atom stereocenters. The highest BCUT2D eigenvalue weighted by molar-refractivity contribution is 6.20. The van der Waals surface area contributed by atoms with E-state index in [2.05, 4.69) is 4.90 Å². The minimum atomic E-state index is -0.140. The fraction of sp³-hybridized carbons (Fsp3) is 0.667. The lowest BCUT2D eigenvalue weighted by atomic mass is 10.3. The summed E-state index contributed by atoms with van der Waals surface area (Å²) in [6, 6.07) is 3.74. The van der Waals surface area contributed by atoms with Crippen molar-refractivity contribution < 1.29 is 13.9 Å². The molecule has 0 aliphatic carbocycles. The molecule has 1 aromatic rings. The van der Waals surface area contributed by atoms with E-state index in [1.807, 2.05) is 12.1 Å². The van der Waals surface area contributed by atoms with E-state index in [1.165, 1.54) is 0 Å². The lowest BCUT2D eigenvalue weighted by Gasteiger charge is -2.23. The lowest BCUT2D eigenvalue weighted by Crippen LogP contribution is -2.33. The molecule has 1 rings (SSSR count). The number of nitrogens with zero attached hydrogens (tertiary/aromatic N) is 1. The summed E-state index contributed by atoms with van der Waals surface area (Å²) in [7, 11) is 3.39. The molecule has 0 amide bonds. The summed E-state index contributed by atoms with van der Waals surface area (Å²) in [5, 5.41) is -0.140. The molecule has 98 valence electrons. The molecule has 0 fully saturated rings. The van der Waals surface area contributed by atoms with Crippen LogP contribution in [-0.2, 0) is 9.47 Å². The summed E-state index contributed by atoms with van der Waals surface area (Å²) >= 11 is 6.28. The van der Waals surface area contributed by atoms with Gasteiger partial charge in [-0.25, -0.2) is 0 Å². The summed E-state index contributed by atoms with van der Waals surface area (Å²) in [5.41, 5.74) is 0. The molecule has 1 unspecified atom stereocenters. The van der Waals surface area contributed by atoms with E-state index in [1.54, 1.807) is 20.5 Å². The van der Waals surface area contributed by atoms with Gasteiger partial charge in [0, 0.05) is 33.9 Å². The zero-order valence-corrected chi connectivity index (χ0v) is 11.2. The predicted octanol–water partition coefficient (Wildman–Crippen LogP) is 2.15. The molecule has 1 heterocycles. The number of rotatable bonds is 9. The van der Waals surface area contributed by atoms with Crippen molar-refractivity contribution in [2.24, 2.45) is 0 Å². The molecule has 0 N–H and O–H groups in total. The molecule has 17 heavy (non-hydrogen) atoms. The highest BCUT2D eigenvalue weighted by Gasteiger charge is 2.15. The fourth-order valence-corrected chi connectivity index (χ4v) is 1.84. The van der Waals surface area contributed by atoms with Crippen molar-refractivity contribution in [1.82, 2.24) is 4.90 Å². The molecular weight excluding hydrogens is 242 g/mol. The molecule has 4 nitrogen and oxygen atoms in total. The molecular formula is C12H20ClNO3. The van der Waals surface area contributed by atoms with Gasteiger partial charge in [-0.2, -0.15) is 0 Å². The average Bonchev–Trinajstić information content (AvgIpc) is 2.86. The van der Waals surface area contributed by atoms with Crippen LogP contribution < -0.4 is 0 Å². The Balaban J connectivity index is 2.40. The van der Waals surface area contributed by atoms with E-state index in [-0.39, 0.29) is 5.38 Å². The van der Waals surface area contributed by atoms with Gasteiger partial charge in [0.1, 0.15) is 11.1 Å². The van der Waals surface area contributed by atoms with Gasteiger partial charge < -0.3 is 13.9 Å². The first-order valence-corrected chi connectivity index (χ1v) is 6.09. The van der Waals surface area contributed by atoms with Gasteiger partial charge in [-0.15, -0.1) is 11.6 Å². The molecule has 0 saturated heterocycles. The van der Waals surface area contributed by atoms with Crippen LogP contribution in [0, 0.1) is 0 Å². The first-order valence-electron chi connectivity index (χ1n) is 5.65. The molecule has 0 saturated carbocycles. The number of ether oxygens (including phenoxy) is 2. The zero-order valence-electron chi connectivity index (χ0n) is 10.4. The van der Waals surface area contributed by atoms with E-state index in [0.717, 1.165) is 25.4 Å². The van der Waals surface area contributed by atoms with Crippen molar-refractivity contribution in [2.75, 3.05) is 47.1 Å². The van der Waals surface area contributed by atoms with Crippen molar-refractivity contribution in [2.45, 2.75) is 5.38 Å². The number of hydrogen-bond donors (Lipinski definition) is 0. The standard InChI is InChI=1S/C12H20ClNO3/c1-15-8-5-14(6-9-16-2)10-11(13)12-4-3-7-17-12/h3-4,7,11H,5-6,8-10H2,1-2H3. The van der Waals surface area contributed by atoms with E-state index >= 15 is 0 Å². The Hall–Kier alpha value is -0.550. The van der Waals surface area contributed by atoms with E-state index in [9.17, 15) is 0 Å². The molecule has 5 heteroatoms. The summed E-state index contributed by atoms with van der Waals surface area (Å²) in [5.74, 6) is 0.798. The molecule has 0 spiro atoms. The van der Waals surface area contributed by atoms with Crippen LogP contribution in [0.3, 0.4) is 0 Å². The quantitative estimate of drug-likeness (QED) is 0.638. The normalized spacial score (nSPS) is 13.2. The highest BCUT2D eigenvalue weighted by atomic mass is 35.5. The number of furan rings is 1. The zero-order chi connectivity index (χ0) is 12.5. The van der Waals surface area contributed by atoms with Crippen molar-refractivity contribution in [3.8, 4) is 0 Å². The van der Waals surface area contributed by atoms with Gasteiger partial charge in [0.05, 0.1) is 19.5 Å². The first-order chi connectivity index (χ1) is 8.27. The van der Waals surface area contributed by atoms with Crippen LogP contribution >= 0.6 is 11.6 Å². The second kappa shape index (κ2) is 8.53. The van der Waals surface area contributed by atoms with Crippen LogP contribution in [0.25, 0.3) is 0 Å². The van der Waals surface area contributed by atoms with E-state index in [4.69, 9.17) is 25.5 Å². The fourth-order valence-electron chi connectivity index (χ4n) is 1.52. The third kappa shape index (κ3) is 5.55. The van der Waals surface area contributed by atoms with Gasteiger partial charge in [-0.1, -0.05) is 0 Å². The van der Waals surface area contributed by atoms with Gasteiger partial charge in [0.2, 0.25) is 0 Å². The number of alkyl halides is 1. The highest BCUT2D eigenvalue weighted by Crippen LogP contribution is 2.21. The molecule has 0 aliphatic rings. The molecule has 0 aromatic carbocycles. The minimum absolute atomic E-state index is 0.140. The number of methoxy groups -OCH3 is 2. The van der Waals surface area contributed by atoms with E-state index in [0.29, 0.717) is 13.2 Å². The Bertz CT molecular complexity index is 271. The van der Waals surface area contributed by atoms with Gasteiger partial charge in [-0.05, 0) is 12.1 Å². The summed E-state index contributed by atoms with van der Waals surface area (Å²) in [4.78, 5) is 2.20. The smallest absolute Gasteiger partial charge is 0.122 e. The topological polar surface area (TPSA) is 34.8 Å². The largest absolute Gasteiger partial charge is 0.468 e. The van der Waals surface area contributed by atoms with Crippen molar-refractivity contribution >= 4 is 11.6 Å². The van der Waals surface area contributed by atoms with Crippen LogP contribution in [0.1, 0.15) is 11.1 Å². The van der Waals surface area contributed by atoms with Crippen LogP contribution in [0.2, 0.25) is 0 Å². The summed E-state index contributed by atoms with van der Waals surface area (Å²) in [6.07, 6.45) is 1.64. The Morgan fingerprint density at radius 2 is 1.94 bits per heavy atom. The third-order valence-corrected chi connectivity index (χ3v) is 2.85. The van der Waals surface area contributed by atoms with Crippen LogP contribution in [0.15, 0.2) is 22.8 Å². The van der Waals surface area contributed by atoms with Crippen molar-refractivity contribution in [1.29, 1.82) is 0 Å². The van der Waals surface area contributed by atoms with Crippen LogP contribution in [0.5, 0.6) is 0 Å². The maximum Gasteiger partial charge on any atom is 0.122 e. The Labute approximate surface area is 107 Å². The SMILES string of the molecule is COCCN(CCOC)CC(Cl)c1ccco1. The minimum Gasteiger partial charge on any atom is -0.468 e. The Morgan fingerprint density at radius 3 is 2.41 bits per heavy atom. The predicted molar refractivity (Wildman–Crippen MR) is 67.5 cm³/mol. The molecule has 1 aromatic heterocycles. The van der Waals surface area contributed by atoms with Crippen molar-refractivity contribution in [3.63, 3.8) is 0 Å². The Morgan fingerprint density at radius 1 is 1.29 bits per heavy atom. The molecule has 0 radical (unpaired) electrons. The number of hydrogen-bond acceptors (Lipinski definition) is 4. The summed E-state index contributed by atoms with van der Waals surface area (Å²) < 4.78 is 15.4. The van der Waals surface area contributed by atoms with E-state index < -0.39 is 0 Å². The summed E-state index contributed by atoms with van der Waals surface area (Å²) in [6.45, 7) is 3.77. The Kier molecular flexibility index (Phi) is 7.28. The first kappa shape index (κ1) is 14.5. The molecule has 0 aliphatic heterocycles. The van der Waals surface area contributed by atoms with Gasteiger partial charge >= 0.3 is 0 Å². The lowest BCUT2D eigenvalue weighted by molar-refractivity contribution is 0.113. The second-order valence-electron chi connectivity index (χ2n) is 3.77. The van der Waals surface area contributed by atoms with Crippen LogP contribution in [0.4, 0.5) is 0 Å². The third-order valence-electron chi connectivity index (χ3n) is 2.49. The molecule has 0 bridgehead atoms. The average molecular weight is 262 g/mol. The van der Waals surface area contributed by atoms with Gasteiger partial charge in [0.15, 0.2) is 0 Å². The van der Waals surface area contributed by atoms with Gasteiger partial charge in [-0.3, -0.25) is 4.90 Å². The maximum absolute atomic E-state index is 6.28. The van der Waals surface area contributed by atoms with Crippen LogP contribution in [-0.4, -0.2) is 52.0 Å². The second-order valence-corrected chi connectivity index (χ2v) is 4.30.